The minimum atomic E-state index is -1.45. The molecule has 4 amide bonds. The normalized spacial score (nSPS) is 26.5. The summed E-state index contributed by atoms with van der Waals surface area (Å²) in [6.07, 6.45) is 0.761. The molecule has 202 valence electrons. The number of benzene rings is 3. The van der Waals surface area contributed by atoms with Gasteiger partial charge in [-0.2, -0.15) is 0 Å². The van der Waals surface area contributed by atoms with Gasteiger partial charge >= 0.3 is 0 Å². The minimum Gasteiger partial charge on any atom is -0.497 e. The summed E-state index contributed by atoms with van der Waals surface area (Å²) in [5.41, 5.74) is 2.15. The number of amides is 4. The number of nitrogens with one attached hydrogen (secondary N) is 1. The Kier molecular flexibility index (Phi) is 5.37. The fourth-order valence-corrected chi connectivity index (χ4v) is 7.07. The molecular formula is C31H28N4O5. The molecule has 7 rings (SSSR count). The third-order valence-corrected chi connectivity index (χ3v) is 8.83. The van der Waals surface area contributed by atoms with E-state index in [9.17, 15) is 19.2 Å². The van der Waals surface area contributed by atoms with Crippen LogP contribution in [0.25, 0.3) is 0 Å². The zero-order valence-corrected chi connectivity index (χ0v) is 22.2. The summed E-state index contributed by atoms with van der Waals surface area (Å²) in [5.74, 6) is -2.41. The topological polar surface area (TPSA) is 99.3 Å². The third-order valence-electron chi connectivity index (χ3n) is 8.83. The highest BCUT2D eigenvalue weighted by Crippen LogP contribution is 2.55. The molecule has 0 aromatic heterocycles. The highest BCUT2D eigenvalue weighted by Gasteiger charge is 2.71. The van der Waals surface area contributed by atoms with Crippen LogP contribution in [0.4, 0.5) is 17.1 Å². The van der Waals surface area contributed by atoms with Crippen LogP contribution in [-0.2, 0) is 31.1 Å². The van der Waals surface area contributed by atoms with Crippen LogP contribution >= 0.6 is 0 Å². The van der Waals surface area contributed by atoms with E-state index in [0.717, 1.165) is 17.7 Å². The molecule has 0 saturated carbocycles. The number of nitrogens with zero attached hydrogens (tertiary/aromatic N) is 3. The predicted octanol–water partition coefficient (Wildman–Crippen LogP) is 2.62. The zero-order chi connectivity index (χ0) is 27.8. The first-order valence-electron chi connectivity index (χ1n) is 13.5. The Morgan fingerprint density at radius 1 is 0.950 bits per heavy atom. The van der Waals surface area contributed by atoms with E-state index in [1.165, 1.54) is 9.80 Å². The first-order chi connectivity index (χ1) is 19.4. The molecule has 1 N–H and O–H groups in total. The van der Waals surface area contributed by atoms with Crippen molar-refractivity contribution in [3.63, 3.8) is 0 Å². The van der Waals surface area contributed by atoms with Crippen molar-refractivity contribution in [2.75, 3.05) is 34.9 Å². The number of hydrogen-bond donors (Lipinski definition) is 1. The van der Waals surface area contributed by atoms with Gasteiger partial charge in [-0.15, -0.1) is 0 Å². The van der Waals surface area contributed by atoms with Gasteiger partial charge in [-0.1, -0.05) is 36.4 Å². The van der Waals surface area contributed by atoms with Crippen LogP contribution in [-0.4, -0.2) is 49.9 Å². The third kappa shape index (κ3) is 3.18. The van der Waals surface area contributed by atoms with E-state index in [1.807, 2.05) is 49.4 Å². The standard InChI is InChI=1S/C31H28N4O5/c1-18-26-27(29(38)35(28(26)37)20-11-13-21(40-2)14-12-20)31(32-18)22-8-4-6-10-24(22)34(30(31)39)17-25(36)33-16-15-19-7-3-5-9-23(19)33/h3-14,18,26-27,32H,15-17H2,1-2H3/t18-,26+,27+,31-/m0/s1. The summed E-state index contributed by atoms with van der Waals surface area (Å²) in [7, 11) is 1.55. The number of anilines is 3. The molecule has 2 fully saturated rings. The van der Waals surface area contributed by atoms with Gasteiger partial charge in [0.05, 0.1) is 24.6 Å². The number of para-hydroxylation sites is 2. The molecule has 9 heteroatoms. The van der Waals surface area contributed by atoms with Crippen molar-refractivity contribution in [1.82, 2.24) is 5.32 Å². The van der Waals surface area contributed by atoms with E-state index in [4.69, 9.17) is 4.74 Å². The molecule has 4 heterocycles. The van der Waals surface area contributed by atoms with E-state index in [0.29, 0.717) is 29.2 Å². The Morgan fingerprint density at radius 3 is 2.40 bits per heavy atom. The summed E-state index contributed by atoms with van der Waals surface area (Å²) in [4.78, 5) is 60.2. The molecule has 0 radical (unpaired) electrons. The molecule has 0 bridgehead atoms. The first-order valence-corrected chi connectivity index (χ1v) is 13.5. The molecule has 0 unspecified atom stereocenters. The zero-order valence-electron chi connectivity index (χ0n) is 22.2. The number of methoxy groups -OCH3 is 1. The summed E-state index contributed by atoms with van der Waals surface area (Å²) in [5, 5.41) is 3.37. The van der Waals surface area contributed by atoms with E-state index in [1.54, 1.807) is 42.3 Å². The second-order valence-corrected chi connectivity index (χ2v) is 10.8. The van der Waals surface area contributed by atoms with Gasteiger partial charge in [-0.3, -0.25) is 24.5 Å². The molecule has 2 saturated heterocycles. The molecular weight excluding hydrogens is 508 g/mol. The van der Waals surface area contributed by atoms with E-state index in [-0.39, 0.29) is 24.3 Å². The fourth-order valence-electron chi connectivity index (χ4n) is 7.07. The monoisotopic (exact) mass is 536 g/mol. The highest BCUT2D eigenvalue weighted by molar-refractivity contribution is 6.26. The largest absolute Gasteiger partial charge is 0.497 e. The molecule has 9 nitrogen and oxygen atoms in total. The van der Waals surface area contributed by atoms with Crippen LogP contribution in [0.5, 0.6) is 5.75 Å². The highest BCUT2D eigenvalue weighted by atomic mass is 16.5. The molecule has 4 aliphatic heterocycles. The Morgan fingerprint density at radius 2 is 1.65 bits per heavy atom. The summed E-state index contributed by atoms with van der Waals surface area (Å²) >= 11 is 0. The molecule has 0 aliphatic carbocycles. The second kappa shape index (κ2) is 8.76. The average molecular weight is 537 g/mol. The van der Waals surface area contributed by atoms with Crippen LogP contribution in [0, 0.1) is 11.8 Å². The summed E-state index contributed by atoms with van der Waals surface area (Å²) in [6.45, 7) is 2.22. The average Bonchev–Trinajstić information content (AvgIpc) is 3.67. The van der Waals surface area contributed by atoms with Crippen molar-refractivity contribution in [3.05, 3.63) is 83.9 Å². The Labute approximate surface area is 231 Å². The molecule has 1 spiro atoms. The second-order valence-electron chi connectivity index (χ2n) is 10.8. The maximum absolute atomic E-state index is 14.4. The molecule has 40 heavy (non-hydrogen) atoms. The quantitative estimate of drug-likeness (QED) is 0.515. The van der Waals surface area contributed by atoms with Crippen molar-refractivity contribution < 1.29 is 23.9 Å². The Hall–Kier alpha value is -4.50. The number of rotatable bonds is 4. The van der Waals surface area contributed by atoms with Crippen LogP contribution in [0.2, 0.25) is 0 Å². The van der Waals surface area contributed by atoms with E-state index < -0.39 is 29.3 Å². The lowest BCUT2D eigenvalue weighted by Crippen LogP contribution is -2.56. The molecule has 4 atom stereocenters. The van der Waals surface area contributed by atoms with Crippen molar-refractivity contribution in [1.29, 1.82) is 0 Å². The van der Waals surface area contributed by atoms with Crippen molar-refractivity contribution >= 4 is 40.7 Å². The first kappa shape index (κ1) is 24.5. The number of carbonyl (C=O) groups excluding carboxylic acids is 4. The maximum atomic E-state index is 14.4. The molecule has 3 aromatic carbocycles. The number of hydrogen-bond acceptors (Lipinski definition) is 6. The van der Waals surface area contributed by atoms with Gasteiger partial charge in [0.25, 0.3) is 5.91 Å². The molecule has 4 aliphatic rings. The van der Waals surface area contributed by atoms with Crippen LogP contribution in [0.1, 0.15) is 18.1 Å². The molecule has 3 aromatic rings. The minimum absolute atomic E-state index is 0.163. The van der Waals surface area contributed by atoms with Gasteiger partial charge in [-0.05, 0) is 55.3 Å². The van der Waals surface area contributed by atoms with E-state index >= 15 is 0 Å². The number of imide groups is 1. The van der Waals surface area contributed by atoms with Crippen molar-refractivity contribution in [3.8, 4) is 5.75 Å². The van der Waals surface area contributed by atoms with Crippen molar-refractivity contribution in [2.45, 2.75) is 24.9 Å². The van der Waals surface area contributed by atoms with Gasteiger partial charge in [-0.25, -0.2) is 4.90 Å². The Balaban J connectivity index is 1.26. The van der Waals surface area contributed by atoms with Gasteiger partial charge < -0.3 is 14.5 Å². The van der Waals surface area contributed by atoms with Gasteiger partial charge in [0.15, 0.2) is 0 Å². The summed E-state index contributed by atoms with van der Waals surface area (Å²) in [6, 6.07) is 21.3. The van der Waals surface area contributed by atoms with Crippen molar-refractivity contribution in [2.24, 2.45) is 11.8 Å². The van der Waals surface area contributed by atoms with Gasteiger partial charge in [0, 0.05) is 29.5 Å². The number of ether oxygens (including phenoxy) is 1. The predicted molar refractivity (Wildman–Crippen MR) is 148 cm³/mol. The lowest BCUT2D eigenvalue weighted by Gasteiger charge is -2.30. The maximum Gasteiger partial charge on any atom is 0.253 e. The fraction of sp³-hybridized carbons (Fsp3) is 0.290. The number of fused-ring (bicyclic) bond motifs is 5. The lowest BCUT2D eigenvalue weighted by molar-refractivity contribution is -0.132. The van der Waals surface area contributed by atoms with E-state index in [2.05, 4.69) is 5.32 Å². The smallest absolute Gasteiger partial charge is 0.253 e. The van der Waals surface area contributed by atoms with Gasteiger partial charge in [0.2, 0.25) is 17.7 Å². The number of carbonyl (C=O) groups is 4. The lowest BCUT2D eigenvalue weighted by atomic mass is 9.76. The van der Waals surface area contributed by atoms with Crippen LogP contribution < -0.4 is 24.8 Å². The van der Waals surface area contributed by atoms with Gasteiger partial charge in [0.1, 0.15) is 17.8 Å². The SMILES string of the molecule is COc1ccc(N2C(=O)[C@@H]3[C@H](C)N[C@]4(C(=O)N(CC(=O)N5CCc6ccccc65)c5ccccc54)[C@H]3C2=O)cc1. The Bertz CT molecular complexity index is 1590. The van der Waals surface area contributed by atoms with Crippen LogP contribution in [0.15, 0.2) is 72.8 Å². The summed E-state index contributed by atoms with van der Waals surface area (Å²) < 4.78 is 5.23. The van der Waals surface area contributed by atoms with Crippen LogP contribution in [0.3, 0.4) is 0 Å².